The molecular weight excluding hydrogens is 254 g/mol. The molecule has 0 aromatic heterocycles. The van der Waals surface area contributed by atoms with Crippen molar-refractivity contribution in [3.63, 3.8) is 0 Å². The van der Waals surface area contributed by atoms with Crippen LogP contribution in [0.2, 0.25) is 0 Å². The van der Waals surface area contributed by atoms with Gasteiger partial charge in [0.1, 0.15) is 6.61 Å². The van der Waals surface area contributed by atoms with Crippen molar-refractivity contribution < 1.29 is 24.2 Å². The Labute approximate surface area is 108 Å². The van der Waals surface area contributed by atoms with E-state index < -0.39 is 18.1 Å². The Kier molecular flexibility index (Phi) is 5.15. The first kappa shape index (κ1) is 14.3. The number of benzene rings is 1. The van der Waals surface area contributed by atoms with E-state index in [0.717, 1.165) is 0 Å². The van der Waals surface area contributed by atoms with E-state index in [4.69, 9.17) is 10.8 Å². The molecule has 3 amide bonds. The highest BCUT2D eigenvalue weighted by Gasteiger charge is 2.04. The van der Waals surface area contributed by atoms with Gasteiger partial charge in [0, 0.05) is 5.69 Å². The normalized spacial score (nSPS) is 9.47. The van der Waals surface area contributed by atoms with Crippen molar-refractivity contribution in [2.45, 2.75) is 0 Å². The summed E-state index contributed by atoms with van der Waals surface area (Å²) in [7, 11) is 0. The third-order valence-corrected chi connectivity index (χ3v) is 2.02. The number of nitrogens with one attached hydrogen (secondary N) is 2. The van der Waals surface area contributed by atoms with E-state index in [1.165, 1.54) is 24.3 Å². The fraction of sp³-hybridized carbons (Fsp3) is 0.182. The fourth-order valence-corrected chi connectivity index (χ4v) is 1.19. The molecule has 0 aliphatic heterocycles. The first-order chi connectivity index (χ1) is 8.99. The van der Waals surface area contributed by atoms with Crippen molar-refractivity contribution in [1.82, 2.24) is 5.32 Å². The Balaban J connectivity index is 2.35. The third-order valence-electron chi connectivity index (χ3n) is 2.02. The standard InChI is InChI=1S/C11H13N3O5/c12-10(17)19-6-5-13-11(18)14-8-3-1-7(2-4-8)9(15)16/h1-4H,5-6H2,(H2,12,17)(H,15,16)(H2,13,14,18). The van der Waals surface area contributed by atoms with E-state index in [2.05, 4.69) is 15.4 Å². The molecule has 1 aromatic rings. The Morgan fingerprint density at radius 1 is 1.21 bits per heavy atom. The number of ether oxygens (including phenoxy) is 1. The summed E-state index contributed by atoms with van der Waals surface area (Å²) in [6, 6.07) is 5.16. The van der Waals surface area contributed by atoms with Gasteiger partial charge in [-0.2, -0.15) is 0 Å². The van der Waals surface area contributed by atoms with E-state index in [9.17, 15) is 14.4 Å². The zero-order valence-corrected chi connectivity index (χ0v) is 9.88. The molecule has 19 heavy (non-hydrogen) atoms. The number of carboxylic acid groups (broad SMARTS) is 1. The zero-order chi connectivity index (χ0) is 14.3. The van der Waals surface area contributed by atoms with Crippen LogP contribution in [0.5, 0.6) is 0 Å². The highest BCUT2D eigenvalue weighted by atomic mass is 16.5. The van der Waals surface area contributed by atoms with Gasteiger partial charge in [-0.25, -0.2) is 14.4 Å². The van der Waals surface area contributed by atoms with E-state index in [1.54, 1.807) is 0 Å². The van der Waals surface area contributed by atoms with Crippen molar-refractivity contribution in [2.75, 3.05) is 18.5 Å². The molecule has 8 nitrogen and oxygen atoms in total. The molecule has 0 aliphatic rings. The first-order valence-electron chi connectivity index (χ1n) is 5.29. The smallest absolute Gasteiger partial charge is 0.404 e. The molecule has 0 saturated carbocycles. The molecule has 5 N–H and O–H groups in total. The predicted molar refractivity (Wildman–Crippen MR) is 66.0 cm³/mol. The second kappa shape index (κ2) is 6.84. The lowest BCUT2D eigenvalue weighted by Gasteiger charge is -2.07. The minimum absolute atomic E-state index is 0.0271. The average molecular weight is 267 g/mol. The number of amides is 3. The summed E-state index contributed by atoms with van der Waals surface area (Å²) < 4.78 is 4.42. The van der Waals surface area contributed by atoms with E-state index >= 15 is 0 Å². The van der Waals surface area contributed by atoms with Crippen LogP contribution in [0.1, 0.15) is 10.4 Å². The number of rotatable bonds is 5. The number of urea groups is 1. The van der Waals surface area contributed by atoms with Gasteiger partial charge in [-0.15, -0.1) is 0 Å². The largest absolute Gasteiger partial charge is 0.478 e. The summed E-state index contributed by atoms with van der Waals surface area (Å²) in [6.45, 7) is 0.0860. The molecule has 0 unspecified atom stereocenters. The van der Waals surface area contributed by atoms with Crippen LogP contribution in [0.15, 0.2) is 24.3 Å². The number of nitrogens with two attached hydrogens (primary N) is 1. The number of anilines is 1. The number of primary amides is 1. The minimum Gasteiger partial charge on any atom is -0.478 e. The lowest BCUT2D eigenvalue weighted by molar-refractivity contribution is 0.0697. The number of aromatic carboxylic acids is 1. The lowest BCUT2D eigenvalue weighted by atomic mass is 10.2. The summed E-state index contributed by atoms with van der Waals surface area (Å²) in [4.78, 5) is 32.2. The van der Waals surface area contributed by atoms with Crippen molar-refractivity contribution in [3.05, 3.63) is 29.8 Å². The second-order valence-corrected chi connectivity index (χ2v) is 3.43. The molecule has 0 radical (unpaired) electrons. The van der Waals surface area contributed by atoms with Crippen LogP contribution in [0.4, 0.5) is 15.3 Å². The summed E-state index contributed by atoms with van der Waals surface area (Å²) in [5, 5.41) is 13.6. The zero-order valence-electron chi connectivity index (χ0n) is 9.88. The van der Waals surface area contributed by atoms with E-state index in [0.29, 0.717) is 5.69 Å². The fourth-order valence-electron chi connectivity index (χ4n) is 1.19. The lowest BCUT2D eigenvalue weighted by Crippen LogP contribution is -2.32. The molecule has 102 valence electrons. The van der Waals surface area contributed by atoms with Gasteiger partial charge in [0.25, 0.3) is 0 Å². The molecule has 0 heterocycles. The van der Waals surface area contributed by atoms with Gasteiger partial charge in [-0.3, -0.25) is 0 Å². The maximum absolute atomic E-state index is 11.4. The maximum Gasteiger partial charge on any atom is 0.404 e. The van der Waals surface area contributed by atoms with Crippen LogP contribution in [0.25, 0.3) is 0 Å². The molecule has 0 saturated heterocycles. The summed E-state index contributed by atoms with van der Waals surface area (Å²) >= 11 is 0. The third kappa shape index (κ3) is 5.39. The SMILES string of the molecule is NC(=O)OCCNC(=O)Nc1ccc(C(=O)O)cc1. The number of hydrogen-bond acceptors (Lipinski definition) is 4. The Bertz CT molecular complexity index is 472. The average Bonchev–Trinajstić information content (AvgIpc) is 2.35. The van der Waals surface area contributed by atoms with Crippen LogP contribution in [0, 0.1) is 0 Å². The second-order valence-electron chi connectivity index (χ2n) is 3.43. The number of carbonyl (C=O) groups excluding carboxylic acids is 2. The molecular formula is C11H13N3O5. The molecule has 0 fully saturated rings. The summed E-state index contributed by atoms with van der Waals surface area (Å²) in [6.07, 6.45) is -0.911. The van der Waals surface area contributed by atoms with Gasteiger partial charge >= 0.3 is 18.1 Å². The maximum atomic E-state index is 11.4. The van der Waals surface area contributed by atoms with Crippen LogP contribution in [0.3, 0.4) is 0 Å². The number of carboxylic acids is 1. The minimum atomic E-state index is -1.04. The van der Waals surface area contributed by atoms with Gasteiger partial charge < -0.3 is 26.2 Å². The van der Waals surface area contributed by atoms with Crippen LogP contribution < -0.4 is 16.4 Å². The van der Waals surface area contributed by atoms with Gasteiger partial charge in [-0.05, 0) is 24.3 Å². The van der Waals surface area contributed by atoms with Gasteiger partial charge in [-0.1, -0.05) is 0 Å². The Morgan fingerprint density at radius 2 is 1.84 bits per heavy atom. The van der Waals surface area contributed by atoms with E-state index in [-0.39, 0.29) is 18.7 Å². The molecule has 0 bridgehead atoms. The highest BCUT2D eigenvalue weighted by molar-refractivity contribution is 5.91. The molecule has 1 aromatic carbocycles. The van der Waals surface area contributed by atoms with Crippen LogP contribution in [-0.4, -0.2) is 36.4 Å². The van der Waals surface area contributed by atoms with Crippen LogP contribution >= 0.6 is 0 Å². The number of carbonyl (C=O) groups is 3. The predicted octanol–water partition coefficient (Wildman–Crippen LogP) is 0.602. The van der Waals surface area contributed by atoms with Crippen molar-refractivity contribution in [2.24, 2.45) is 5.73 Å². The molecule has 0 spiro atoms. The topological polar surface area (TPSA) is 131 Å². The highest BCUT2D eigenvalue weighted by Crippen LogP contribution is 2.09. The van der Waals surface area contributed by atoms with Gasteiger partial charge in [0.15, 0.2) is 0 Å². The van der Waals surface area contributed by atoms with Crippen molar-refractivity contribution in [3.8, 4) is 0 Å². The summed E-state index contributed by atoms with van der Waals surface area (Å²) in [5.41, 5.74) is 5.30. The Morgan fingerprint density at radius 3 is 2.37 bits per heavy atom. The van der Waals surface area contributed by atoms with Gasteiger partial charge in [0.2, 0.25) is 0 Å². The van der Waals surface area contributed by atoms with Crippen molar-refractivity contribution in [1.29, 1.82) is 0 Å². The molecule has 1 rings (SSSR count). The van der Waals surface area contributed by atoms with Crippen LogP contribution in [-0.2, 0) is 4.74 Å². The Hall–Kier alpha value is -2.77. The molecule has 0 atom stereocenters. The van der Waals surface area contributed by atoms with E-state index in [1.807, 2.05) is 0 Å². The molecule has 0 aliphatic carbocycles. The van der Waals surface area contributed by atoms with Gasteiger partial charge in [0.05, 0.1) is 12.1 Å². The first-order valence-corrected chi connectivity index (χ1v) is 5.29. The quantitative estimate of drug-likeness (QED) is 0.580. The van der Waals surface area contributed by atoms with Crippen molar-refractivity contribution >= 4 is 23.8 Å². The molecule has 8 heteroatoms. The number of hydrogen-bond donors (Lipinski definition) is 4. The summed E-state index contributed by atoms with van der Waals surface area (Å²) in [5.74, 6) is -1.04. The monoisotopic (exact) mass is 267 g/mol.